The van der Waals surface area contributed by atoms with E-state index in [9.17, 15) is 10.1 Å². The smallest absolute Gasteiger partial charge is 0.271 e. The molecule has 0 unspecified atom stereocenters. The summed E-state index contributed by atoms with van der Waals surface area (Å²) >= 11 is 0. The quantitative estimate of drug-likeness (QED) is 0.430. The summed E-state index contributed by atoms with van der Waals surface area (Å²) in [6.45, 7) is 0. The van der Waals surface area contributed by atoms with Gasteiger partial charge in [-0.15, -0.1) is 0 Å². The third kappa shape index (κ3) is 1.38. The minimum atomic E-state index is -0.455. The molecule has 0 fully saturated rings. The van der Waals surface area contributed by atoms with Crippen molar-refractivity contribution in [3.63, 3.8) is 0 Å². The first kappa shape index (κ1) is 9.41. The molecule has 15 heavy (non-hydrogen) atoms. The first-order valence-corrected chi connectivity index (χ1v) is 4.21. The van der Waals surface area contributed by atoms with E-state index in [2.05, 4.69) is 10.4 Å². The number of nitrogen functional groups attached to an aromatic ring is 1. The molecule has 0 bridgehead atoms. The van der Waals surface area contributed by atoms with Crippen molar-refractivity contribution < 1.29 is 4.92 Å². The largest absolute Gasteiger partial charge is 0.312 e. The average Bonchev–Trinajstić information content (AvgIpc) is 2.55. The summed E-state index contributed by atoms with van der Waals surface area (Å²) in [5.74, 6) is 5.71. The number of aromatic nitrogens is 2. The van der Waals surface area contributed by atoms with Crippen LogP contribution in [0.2, 0.25) is 0 Å². The van der Waals surface area contributed by atoms with Crippen molar-refractivity contribution >= 4 is 22.7 Å². The Morgan fingerprint density at radius 3 is 2.93 bits per heavy atom. The average molecular weight is 207 g/mol. The molecule has 7 heteroatoms. The van der Waals surface area contributed by atoms with Crippen molar-refractivity contribution in [2.75, 3.05) is 5.43 Å². The number of benzene rings is 1. The molecule has 0 spiro atoms. The number of nitro benzene ring substituents is 1. The van der Waals surface area contributed by atoms with Gasteiger partial charge in [-0.25, -0.2) is 10.8 Å². The third-order valence-electron chi connectivity index (χ3n) is 2.20. The Morgan fingerprint density at radius 1 is 1.60 bits per heavy atom. The molecular weight excluding hydrogens is 198 g/mol. The molecule has 0 aliphatic rings. The molecule has 0 saturated heterocycles. The fourth-order valence-electron chi connectivity index (χ4n) is 1.43. The molecule has 7 nitrogen and oxygen atoms in total. The highest BCUT2D eigenvalue weighted by molar-refractivity contribution is 5.80. The summed E-state index contributed by atoms with van der Waals surface area (Å²) in [5, 5.41) is 10.5. The van der Waals surface area contributed by atoms with Crippen molar-refractivity contribution in [2.45, 2.75) is 0 Å². The number of hydrogen-bond donors (Lipinski definition) is 2. The van der Waals surface area contributed by atoms with Crippen LogP contribution in [0, 0.1) is 10.1 Å². The predicted octanol–water partition coefficient (Wildman–Crippen LogP) is 0.767. The van der Waals surface area contributed by atoms with Crippen molar-refractivity contribution in [3.8, 4) is 0 Å². The second kappa shape index (κ2) is 3.21. The molecule has 2 aromatic rings. The molecular formula is C8H9N5O2. The normalized spacial score (nSPS) is 10.5. The number of aryl methyl sites for hydroxylation is 1. The van der Waals surface area contributed by atoms with Crippen LogP contribution in [0.15, 0.2) is 18.2 Å². The second-order valence-electron chi connectivity index (χ2n) is 3.07. The van der Waals surface area contributed by atoms with Crippen LogP contribution in [0.25, 0.3) is 11.0 Å². The molecule has 0 saturated carbocycles. The van der Waals surface area contributed by atoms with E-state index in [4.69, 9.17) is 5.84 Å². The van der Waals surface area contributed by atoms with Crippen LogP contribution in [0.5, 0.6) is 0 Å². The van der Waals surface area contributed by atoms with E-state index in [1.807, 2.05) is 0 Å². The van der Waals surface area contributed by atoms with E-state index < -0.39 is 4.92 Å². The fraction of sp³-hybridized carbons (Fsp3) is 0.125. The van der Waals surface area contributed by atoms with Crippen molar-refractivity contribution in [1.29, 1.82) is 0 Å². The zero-order valence-electron chi connectivity index (χ0n) is 7.97. The lowest BCUT2D eigenvalue weighted by molar-refractivity contribution is -0.384. The fourth-order valence-corrected chi connectivity index (χ4v) is 1.43. The van der Waals surface area contributed by atoms with Gasteiger partial charge in [-0.05, 0) is 6.07 Å². The summed E-state index contributed by atoms with van der Waals surface area (Å²) in [7, 11) is 1.77. The van der Waals surface area contributed by atoms with E-state index in [-0.39, 0.29) is 5.69 Å². The summed E-state index contributed by atoms with van der Waals surface area (Å²) in [4.78, 5) is 14.2. The summed E-state index contributed by atoms with van der Waals surface area (Å²) in [5.41, 5.74) is 3.76. The van der Waals surface area contributed by atoms with Gasteiger partial charge < -0.3 is 4.57 Å². The number of hydrazine groups is 1. The van der Waals surface area contributed by atoms with Crippen molar-refractivity contribution in [3.05, 3.63) is 28.3 Å². The monoisotopic (exact) mass is 207 g/mol. The molecule has 0 amide bonds. The third-order valence-corrected chi connectivity index (χ3v) is 2.20. The Morgan fingerprint density at radius 2 is 2.33 bits per heavy atom. The molecule has 0 atom stereocenters. The number of rotatable bonds is 2. The number of nitrogens with two attached hydrogens (primary N) is 1. The van der Waals surface area contributed by atoms with Crippen LogP contribution in [0.4, 0.5) is 11.6 Å². The van der Waals surface area contributed by atoms with E-state index in [1.54, 1.807) is 17.7 Å². The van der Waals surface area contributed by atoms with Gasteiger partial charge in [0.25, 0.3) is 5.69 Å². The van der Waals surface area contributed by atoms with Gasteiger partial charge >= 0.3 is 0 Å². The lowest BCUT2D eigenvalue weighted by atomic mass is 10.3. The highest BCUT2D eigenvalue weighted by atomic mass is 16.6. The van der Waals surface area contributed by atoms with Gasteiger partial charge in [0.05, 0.1) is 16.0 Å². The minimum absolute atomic E-state index is 0.0178. The topological polar surface area (TPSA) is 99.0 Å². The number of imidazole rings is 1. The number of fused-ring (bicyclic) bond motifs is 1. The summed E-state index contributed by atoms with van der Waals surface area (Å²) in [6.07, 6.45) is 0. The van der Waals surface area contributed by atoms with E-state index in [1.165, 1.54) is 12.1 Å². The first-order valence-electron chi connectivity index (χ1n) is 4.21. The number of non-ortho nitro benzene ring substituents is 1. The molecule has 0 aliphatic heterocycles. The maximum atomic E-state index is 10.5. The Kier molecular flexibility index (Phi) is 2.01. The van der Waals surface area contributed by atoms with Gasteiger partial charge in [-0.1, -0.05) is 0 Å². The van der Waals surface area contributed by atoms with E-state index in [0.717, 1.165) is 5.52 Å². The first-order chi connectivity index (χ1) is 7.13. The molecule has 1 aromatic heterocycles. The number of nitrogens with zero attached hydrogens (tertiary/aromatic N) is 3. The van der Waals surface area contributed by atoms with Crippen LogP contribution in [-0.2, 0) is 7.05 Å². The maximum Gasteiger partial charge on any atom is 0.271 e. The van der Waals surface area contributed by atoms with Gasteiger partial charge in [0.1, 0.15) is 0 Å². The van der Waals surface area contributed by atoms with Gasteiger partial charge in [-0.2, -0.15) is 0 Å². The maximum absolute atomic E-state index is 10.5. The highest BCUT2D eigenvalue weighted by Crippen LogP contribution is 2.22. The summed E-state index contributed by atoms with van der Waals surface area (Å²) < 4.78 is 1.72. The zero-order valence-corrected chi connectivity index (χ0v) is 7.97. The van der Waals surface area contributed by atoms with Crippen LogP contribution >= 0.6 is 0 Å². The number of hydrogen-bond acceptors (Lipinski definition) is 5. The van der Waals surface area contributed by atoms with E-state index >= 15 is 0 Å². The van der Waals surface area contributed by atoms with Crippen molar-refractivity contribution in [1.82, 2.24) is 9.55 Å². The zero-order chi connectivity index (χ0) is 11.0. The lowest BCUT2D eigenvalue weighted by Crippen LogP contribution is -2.11. The van der Waals surface area contributed by atoms with E-state index in [0.29, 0.717) is 11.5 Å². The predicted molar refractivity (Wildman–Crippen MR) is 55.2 cm³/mol. The Labute approximate surface area is 84.6 Å². The Bertz CT molecular complexity index is 533. The minimum Gasteiger partial charge on any atom is -0.312 e. The highest BCUT2D eigenvalue weighted by Gasteiger charge is 2.11. The SMILES string of the molecule is Cn1c(NN)nc2cc([N+](=O)[O-])ccc21. The van der Waals surface area contributed by atoms with Gasteiger partial charge in [-0.3, -0.25) is 15.5 Å². The van der Waals surface area contributed by atoms with Crippen LogP contribution < -0.4 is 11.3 Å². The molecule has 1 heterocycles. The second-order valence-corrected chi connectivity index (χ2v) is 3.07. The number of nitrogens with one attached hydrogen (secondary N) is 1. The molecule has 2 rings (SSSR count). The van der Waals surface area contributed by atoms with Crippen LogP contribution in [-0.4, -0.2) is 14.5 Å². The molecule has 0 radical (unpaired) electrons. The van der Waals surface area contributed by atoms with Gasteiger partial charge in [0.2, 0.25) is 5.95 Å². The molecule has 3 N–H and O–H groups in total. The molecule has 78 valence electrons. The van der Waals surface area contributed by atoms with Gasteiger partial charge in [0, 0.05) is 19.2 Å². The lowest BCUT2D eigenvalue weighted by Gasteiger charge is -1.98. The molecule has 1 aromatic carbocycles. The Balaban J connectivity index is 2.68. The number of anilines is 1. The Hall–Kier alpha value is -2.15. The molecule has 0 aliphatic carbocycles. The van der Waals surface area contributed by atoms with Crippen LogP contribution in [0.1, 0.15) is 0 Å². The summed E-state index contributed by atoms with van der Waals surface area (Å²) in [6, 6.07) is 4.49. The van der Waals surface area contributed by atoms with Gasteiger partial charge in [0.15, 0.2) is 0 Å². The number of nitro groups is 1. The standard InChI is InChI=1S/C8H9N5O2/c1-12-7-3-2-5(13(14)15)4-6(7)10-8(12)11-9/h2-4H,9H2,1H3,(H,10,11). The van der Waals surface area contributed by atoms with Crippen molar-refractivity contribution in [2.24, 2.45) is 12.9 Å². The van der Waals surface area contributed by atoms with Crippen LogP contribution in [0.3, 0.4) is 0 Å².